The topological polar surface area (TPSA) is 85.1 Å². The van der Waals surface area contributed by atoms with Crippen LogP contribution in [0, 0.1) is 6.92 Å². The number of nitrogens with one attached hydrogen (secondary N) is 1. The number of hydrogen-bond donors (Lipinski definition) is 2. The highest BCUT2D eigenvalue weighted by Crippen LogP contribution is 2.17. The van der Waals surface area contributed by atoms with Gasteiger partial charge in [0.15, 0.2) is 4.21 Å². The molecule has 0 aliphatic heterocycles. The number of aromatic nitrogens is 1. The van der Waals surface area contributed by atoms with E-state index in [1.54, 1.807) is 13.8 Å². The number of nitrogens with two attached hydrogens (primary N) is 1. The van der Waals surface area contributed by atoms with Crippen molar-refractivity contribution in [3.63, 3.8) is 0 Å². The molecular formula is C8H13N3O2S3. The van der Waals surface area contributed by atoms with Crippen molar-refractivity contribution in [2.45, 2.75) is 30.5 Å². The molecule has 5 nitrogen and oxygen atoms in total. The predicted octanol–water partition coefficient (Wildman–Crippen LogP) is 0.795. The monoisotopic (exact) mass is 279 g/mol. The van der Waals surface area contributed by atoms with E-state index in [0.717, 1.165) is 11.3 Å². The van der Waals surface area contributed by atoms with Crippen LogP contribution in [0.1, 0.15) is 18.4 Å². The van der Waals surface area contributed by atoms with Crippen molar-refractivity contribution in [2.24, 2.45) is 5.73 Å². The number of hydrogen-bond acceptors (Lipinski definition) is 5. The number of aryl methyl sites for hydroxylation is 1. The van der Waals surface area contributed by atoms with E-state index in [9.17, 15) is 8.42 Å². The Hall–Kier alpha value is -0.570. The minimum atomic E-state index is -3.49. The molecule has 0 saturated heterocycles. The van der Waals surface area contributed by atoms with Crippen molar-refractivity contribution in [1.82, 2.24) is 9.71 Å². The van der Waals surface area contributed by atoms with Gasteiger partial charge in [-0.2, -0.15) is 0 Å². The number of sulfonamides is 1. The van der Waals surface area contributed by atoms with Gasteiger partial charge in [-0.15, -0.1) is 11.3 Å². The standard InChI is InChI=1S/C8H13N3O2S3/c1-5(3-7(9)14)11-16(12,13)8-4-10-6(2)15-8/h4-5,11H,3H2,1-2H3,(H2,9,14). The highest BCUT2D eigenvalue weighted by atomic mass is 32.2. The molecule has 1 atom stereocenters. The molecule has 1 rings (SSSR count). The lowest BCUT2D eigenvalue weighted by molar-refractivity contribution is 0.567. The quantitative estimate of drug-likeness (QED) is 0.779. The van der Waals surface area contributed by atoms with Crippen LogP contribution < -0.4 is 10.5 Å². The smallest absolute Gasteiger partial charge is 0.251 e. The van der Waals surface area contributed by atoms with Crippen LogP contribution in [0.4, 0.5) is 0 Å². The first-order valence-electron chi connectivity index (χ1n) is 4.54. The average Bonchev–Trinajstić information content (AvgIpc) is 2.49. The minimum absolute atomic E-state index is 0.208. The van der Waals surface area contributed by atoms with Gasteiger partial charge in [0.05, 0.1) is 16.2 Å². The van der Waals surface area contributed by atoms with E-state index >= 15 is 0 Å². The summed E-state index contributed by atoms with van der Waals surface area (Å²) in [4.78, 5) is 4.19. The van der Waals surface area contributed by atoms with Crippen LogP contribution in [0.25, 0.3) is 0 Å². The van der Waals surface area contributed by atoms with E-state index in [2.05, 4.69) is 9.71 Å². The van der Waals surface area contributed by atoms with Gasteiger partial charge in [-0.1, -0.05) is 12.2 Å². The predicted molar refractivity (Wildman–Crippen MR) is 68.0 cm³/mol. The van der Waals surface area contributed by atoms with Crippen LogP contribution >= 0.6 is 23.6 Å². The van der Waals surface area contributed by atoms with Crippen LogP contribution in [0.2, 0.25) is 0 Å². The summed E-state index contributed by atoms with van der Waals surface area (Å²) in [5, 5.41) is 0.711. The van der Waals surface area contributed by atoms with Gasteiger partial charge in [0.2, 0.25) is 0 Å². The van der Waals surface area contributed by atoms with Crippen LogP contribution in [0.5, 0.6) is 0 Å². The summed E-state index contributed by atoms with van der Waals surface area (Å²) < 4.78 is 26.3. The van der Waals surface area contributed by atoms with E-state index in [-0.39, 0.29) is 15.2 Å². The van der Waals surface area contributed by atoms with E-state index in [0.29, 0.717) is 11.4 Å². The summed E-state index contributed by atoms with van der Waals surface area (Å²) in [5.41, 5.74) is 5.34. The second-order valence-corrected chi connectivity index (χ2v) is 7.09. The zero-order chi connectivity index (χ0) is 12.3. The molecule has 1 unspecified atom stereocenters. The maximum absolute atomic E-state index is 11.8. The second-order valence-electron chi connectivity index (χ2n) is 3.39. The Kier molecular flexibility index (Phi) is 4.36. The molecule has 0 amide bonds. The molecule has 0 aromatic carbocycles. The molecule has 0 spiro atoms. The third kappa shape index (κ3) is 3.78. The Morgan fingerprint density at radius 2 is 2.38 bits per heavy atom. The minimum Gasteiger partial charge on any atom is -0.393 e. The molecule has 8 heteroatoms. The molecule has 0 aliphatic rings. The van der Waals surface area contributed by atoms with E-state index in [1.165, 1.54) is 6.20 Å². The Morgan fingerprint density at radius 3 is 2.81 bits per heavy atom. The largest absolute Gasteiger partial charge is 0.393 e. The number of rotatable bonds is 5. The first kappa shape index (κ1) is 13.5. The van der Waals surface area contributed by atoms with Crippen molar-refractivity contribution < 1.29 is 8.42 Å². The van der Waals surface area contributed by atoms with Crippen molar-refractivity contribution in [1.29, 1.82) is 0 Å². The lowest BCUT2D eigenvalue weighted by Crippen LogP contribution is -2.34. The van der Waals surface area contributed by atoms with Gasteiger partial charge in [0.25, 0.3) is 10.0 Å². The SMILES string of the molecule is Cc1ncc(S(=O)(=O)NC(C)CC(N)=S)s1. The van der Waals surface area contributed by atoms with Gasteiger partial charge >= 0.3 is 0 Å². The van der Waals surface area contributed by atoms with Crippen LogP contribution in [0.15, 0.2) is 10.4 Å². The van der Waals surface area contributed by atoms with Gasteiger partial charge in [-0.25, -0.2) is 18.1 Å². The van der Waals surface area contributed by atoms with Gasteiger partial charge in [-0.05, 0) is 13.8 Å². The fourth-order valence-electron chi connectivity index (χ4n) is 1.13. The number of thiocarbonyl (C=S) groups is 1. The maximum atomic E-state index is 11.8. The summed E-state index contributed by atoms with van der Waals surface area (Å²) in [6.07, 6.45) is 1.68. The summed E-state index contributed by atoms with van der Waals surface area (Å²) in [6.45, 7) is 3.47. The summed E-state index contributed by atoms with van der Waals surface area (Å²) >= 11 is 5.84. The maximum Gasteiger partial charge on any atom is 0.251 e. The van der Waals surface area contributed by atoms with Crippen LogP contribution in [-0.4, -0.2) is 24.4 Å². The number of thiazole rings is 1. The van der Waals surface area contributed by atoms with Gasteiger partial charge in [0, 0.05) is 12.5 Å². The number of nitrogens with zero attached hydrogens (tertiary/aromatic N) is 1. The molecule has 3 N–H and O–H groups in total. The van der Waals surface area contributed by atoms with Gasteiger partial charge < -0.3 is 5.73 Å². The Balaban J connectivity index is 2.76. The fraction of sp³-hybridized carbons (Fsp3) is 0.500. The first-order valence-corrected chi connectivity index (χ1v) is 7.25. The van der Waals surface area contributed by atoms with Crippen molar-refractivity contribution in [3.05, 3.63) is 11.2 Å². The molecular weight excluding hydrogens is 266 g/mol. The molecule has 0 bridgehead atoms. The molecule has 0 saturated carbocycles. The molecule has 16 heavy (non-hydrogen) atoms. The Labute approximate surface area is 104 Å². The van der Waals surface area contributed by atoms with Crippen molar-refractivity contribution in [2.75, 3.05) is 0 Å². The zero-order valence-corrected chi connectivity index (χ0v) is 11.4. The molecule has 0 aliphatic carbocycles. The highest BCUT2D eigenvalue weighted by molar-refractivity contribution is 7.91. The summed E-state index contributed by atoms with van der Waals surface area (Å²) in [7, 11) is -3.49. The van der Waals surface area contributed by atoms with Crippen molar-refractivity contribution in [3.8, 4) is 0 Å². The first-order chi connectivity index (χ1) is 7.31. The molecule has 0 radical (unpaired) electrons. The highest BCUT2D eigenvalue weighted by Gasteiger charge is 2.19. The van der Waals surface area contributed by atoms with Crippen LogP contribution in [-0.2, 0) is 10.0 Å². The molecule has 1 heterocycles. The third-order valence-electron chi connectivity index (χ3n) is 1.73. The van der Waals surface area contributed by atoms with Crippen molar-refractivity contribution >= 4 is 38.6 Å². The van der Waals surface area contributed by atoms with Crippen LogP contribution in [0.3, 0.4) is 0 Å². The van der Waals surface area contributed by atoms with E-state index in [4.69, 9.17) is 18.0 Å². The normalized spacial score (nSPS) is 13.6. The van der Waals surface area contributed by atoms with Gasteiger partial charge in [-0.3, -0.25) is 0 Å². The summed E-state index contributed by atoms with van der Waals surface area (Å²) in [5.74, 6) is 0. The van der Waals surface area contributed by atoms with E-state index in [1.807, 2.05) is 0 Å². The molecule has 1 aromatic rings. The van der Waals surface area contributed by atoms with Gasteiger partial charge in [0.1, 0.15) is 0 Å². The lowest BCUT2D eigenvalue weighted by Gasteiger charge is -2.11. The zero-order valence-electron chi connectivity index (χ0n) is 8.93. The lowest BCUT2D eigenvalue weighted by atomic mass is 10.3. The summed E-state index contributed by atoms with van der Waals surface area (Å²) in [6, 6.07) is -0.315. The fourth-order valence-corrected chi connectivity index (χ4v) is 3.75. The third-order valence-corrected chi connectivity index (χ3v) is 4.86. The molecule has 90 valence electrons. The molecule has 0 fully saturated rings. The average molecular weight is 279 g/mol. The Morgan fingerprint density at radius 1 is 1.75 bits per heavy atom. The Bertz CT molecular complexity index is 480. The second kappa shape index (κ2) is 5.17. The van der Waals surface area contributed by atoms with E-state index < -0.39 is 10.0 Å². The molecule has 1 aromatic heterocycles.